The first-order chi connectivity index (χ1) is 10.0. The lowest BCUT2D eigenvalue weighted by Gasteiger charge is -2.11. The summed E-state index contributed by atoms with van der Waals surface area (Å²) in [6, 6.07) is 5.29. The van der Waals surface area contributed by atoms with Gasteiger partial charge in [0.05, 0.1) is 0 Å². The Labute approximate surface area is 122 Å². The van der Waals surface area contributed by atoms with Gasteiger partial charge in [0.15, 0.2) is 11.6 Å². The van der Waals surface area contributed by atoms with Gasteiger partial charge in [-0.15, -0.1) is 0 Å². The molecule has 0 spiro atoms. The van der Waals surface area contributed by atoms with Crippen LogP contribution < -0.4 is 10.6 Å². The third-order valence-electron chi connectivity index (χ3n) is 2.72. The summed E-state index contributed by atoms with van der Waals surface area (Å²) in [4.78, 5) is 10.2. The molecule has 21 heavy (non-hydrogen) atoms. The smallest absolute Gasteiger partial charge is 0.160 e. The number of hydrogen-bond acceptors (Lipinski definition) is 5. The lowest BCUT2D eigenvalue weighted by Crippen LogP contribution is -2.21. The molecule has 2 rings (SSSR count). The highest BCUT2D eigenvalue weighted by Crippen LogP contribution is 2.18. The summed E-state index contributed by atoms with van der Waals surface area (Å²) in [6.45, 7) is 1.62. The van der Waals surface area contributed by atoms with Crippen LogP contribution in [-0.2, 0) is 0 Å². The molecule has 1 aromatic carbocycles. The predicted octanol–water partition coefficient (Wildman–Crippen LogP) is 2.47. The maximum absolute atomic E-state index is 13.1. The van der Waals surface area contributed by atoms with Gasteiger partial charge in [0, 0.05) is 30.9 Å². The molecule has 0 aliphatic rings. The van der Waals surface area contributed by atoms with Crippen molar-refractivity contribution in [2.24, 2.45) is 0 Å². The quantitative estimate of drug-likeness (QED) is 0.857. The zero-order chi connectivity index (χ0) is 15.2. The van der Waals surface area contributed by atoms with Crippen molar-refractivity contribution in [2.45, 2.75) is 0 Å². The van der Waals surface area contributed by atoms with Crippen molar-refractivity contribution >= 4 is 17.3 Å². The van der Waals surface area contributed by atoms with Crippen LogP contribution in [0.5, 0.6) is 0 Å². The number of hydrogen-bond donors (Lipinski definition) is 2. The van der Waals surface area contributed by atoms with Crippen LogP contribution in [0.3, 0.4) is 0 Å². The summed E-state index contributed by atoms with van der Waals surface area (Å²) >= 11 is 0. The van der Waals surface area contributed by atoms with Gasteiger partial charge in [-0.1, -0.05) is 0 Å². The number of likely N-dealkylation sites (N-methyl/N-ethyl adjacent to an activating group) is 1. The van der Waals surface area contributed by atoms with Gasteiger partial charge in [0.25, 0.3) is 0 Å². The van der Waals surface area contributed by atoms with Crippen molar-refractivity contribution in [3.63, 3.8) is 0 Å². The molecule has 0 unspecified atom stereocenters. The average molecular weight is 293 g/mol. The standard InChI is InChI=1S/C14H17F2N5/c1-21(2)6-5-17-13-8-14(19-9-18-13)20-10-3-4-11(15)12(16)7-10/h3-4,7-9H,5-6H2,1-2H3,(H2,17,18,19,20). The molecule has 1 heterocycles. The van der Waals surface area contributed by atoms with Gasteiger partial charge in [-0.25, -0.2) is 18.7 Å². The highest BCUT2D eigenvalue weighted by Gasteiger charge is 2.04. The third-order valence-corrected chi connectivity index (χ3v) is 2.72. The summed E-state index contributed by atoms with van der Waals surface area (Å²) in [5, 5.41) is 6.06. The van der Waals surface area contributed by atoms with E-state index in [9.17, 15) is 8.78 Å². The summed E-state index contributed by atoms with van der Waals surface area (Å²) in [6.07, 6.45) is 1.40. The molecule has 0 atom stereocenters. The molecule has 0 aliphatic heterocycles. The van der Waals surface area contributed by atoms with Crippen LogP contribution in [-0.4, -0.2) is 42.1 Å². The molecule has 112 valence electrons. The van der Waals surface area contributed by atoms with Gasteiger partial charge in [-0.2, -0.15) is 0 Å². The number of rotatable bonds is 6. The number of halogens is 2. The lowest BCUT2D eigenvalue weighted by atomic mass is 10.3. The van der Waals surface area contributed by atoms with Crippen molar-refractivity contribution in [3.05, 3.63) is 42.2 Å². The van der Waals surface area contributed by atoms with Crippen molar-refractivity contribution < 1.29 is 8.78 Å². The molecule has 0 amide bonds. The predicted molar refractivity (Wildman–Crippen MR) is 78.7 cm³/mol. The first-order valence-electron chi connectivity index (χ1n) is 6.47. The molecule has 0 bridgehead atoms. The van der Waals surface area contributed by atoms with E-state index in [1.807, 2.05) is 14.1 Å². The van der Waals surface area contributed by atoms with Crippen LogP contribution in [0.25, 0.3) is 0 Å². The van der Waals surface area contributed by atoms with E-state index in [-0.39, 0.29) is 0 Å². The van der Waals surface area contributed by atoms with Crippen LogP contribution in [0.2, 0.25) is 0 Å². The van der Waals surface area contributed by atoms with Crippen molar-refractivity contribution in [2.75, 3.05) is 37.8 Å². The van der Waals surface area contributed by atoms with E-state index in [2.05, 4.69) is 25.5 Å². The van der Waals surface area contributed by atoms with E-state index in [1.165, 1.54) is 12.4 Å². The second-order valence-corrected chi connectivity index (χ2v) is 4.77. The van der Waals surface area contributed by atoms with E-state index in [4.69, 9.17) is 0 Å². The molecule has 5 nitrogen and oxygen atoms in total. The number of nitrogens with zero attached hydrogens (tertiary/aromatic N) is 3. The maximum Gasteiger partial charge on any atom is 0.160 e. The average Bonchev–Trinajstić information content (AvgIpc) is 2.43. The van der Waals surface area contributed by atoms with Crippen LogP contribution in [0.1, 0.15) is 0 Å². The number of benzene rings is 1. The fourth-order valence-corrected chi connectivity index (χ4v) is 1.65. The zero-order valence-corrected chi connectivity index (χ0v) is 11.9. The molecule has 7 heteroatoms. The Morgan fingerprint density at radius 3 is 2.52 bits per heavy atom. The van der Waals surface area contributed by atoms with Gasteiger partial charge < -0.3 is 15.5 Å². The summed E-state index contributed by atoms with van der Waals surface area (Å²) in [7, 11) is 3.97. The summed E-state index contributed by atoms with van der Waals surface area (Å²) in [5.41, 5.74) is 0.423. The first-order valence-corrected chi connectivity index (χ1v) is 6.47. The molecule has 0 radical (unpaired) electrons. The van der Waals surface area contributed by atoms with E-state index in [0.717, 1.165) is 25.2 Å². The number of nitrogens with one attached hydrogen (secondary N) is 2. The van der Waals surface area contributed by atoms with Crippen LogP contribution in [0.15, 0.2) is 30.6 Å². The maximum atomic E-state index is 13.1. The van der Waals surface area contributed by atoms with E-state index in [0.29, 0.717) is 17.3 Å². The third kappa shape index (κ3) is 4.64. The highest BCUT2D eigenvalue weighted by molar-refractivity contribution is 5.58. The molecule has 2 N–H and O–H groups in total. The van der Waals surface area contributed by atoms with E-state index < -0.39 is 11.6 Å². The Hall–Kier alpha value is -2.28. The summed E-state index contributed by atoms with van der Waals surface area (Å²) in [5.74, 6) is -0.618. The molecule has 0 saturated heterocycles. The Balaban J connectivity index is 2.01. The first kappa shape index (κ1) is 15.1. The molecule has 1 aromatic heterocycles. The Bertz CT molecular complexity index is 604. The number of aromatic nitrogens is 2. The van der Waals surface area contributed by atoms with Crippen LogP contribution >= 0.6 is 0 Å². The van der Waals surface area contributed by atoms with Crippen molar-refractivity contribution in [1.82, 2.24) is 14.9 Å². The van der Waals surface area contributed by atoms with Gasteiger partial charge in [-0.05, 0) is 26.2 Å². The van der Waals surface area contributed by atoms with E-state index >= 15 is 0 Å². The highest BCUT2D eigenvalue weighted by atomic mass is 19.2. The molecule has 0 saturated carbocycles. The SMILES string of the molecule is CN(C)CCNc1cc(Nc2ccc(F)c(F)c2)ncn1. The largest absolute Gasteiger partial charge is 0.369 e. The minimum atomic E-state index is -0.904. The minimum absolute atomic E-state index is 0.423. The van der Waals surface area contributed by atoms with Gasteiger partial charge >= 0.3 is 0 Å². The monoisotopic (exact) mass is 293 g/mol. The van der Waals surface area contributed by atoms with Gasteiger partial charge in [0.1, 0.15) is 18.0 Å². The molecular formula is C14H17F2N5. The zero-order valence-electron chi connectivity index (χ0n) is 11.9. The van der Waals surface area contributed by atoms with E-state index in [1.54, 1.807) is 6.07 Å². The Kier molecular flexibility index (Phi) is 4.99. The number of anilines is 3. The minimum Gasteiger partial charge on any atom is -0.369 e. The Morgan fingerprint density at radius 2 is 1.81 bits per heavy atom. The Morgan fingerprint density at radius 1 is 1.05 bits per heavy atom. The molecule has 0 aliphatic carbocycles. The van der Waals surface area contributed by atoms with Crippen molar-refractivity contribution in [1.29, 1.82) is 0 Å². The molecular weight excluding hydrogens is 276 g/mol. The van der Waals surface area contributed by atoms with Crippen LogP contribution in [0.4, 0.5) is 26.1 Å². The fraction of sp³-hybridized carbons (Fsp3) is 0.286. The fourth-order valence-electron chi connectivity index (χ4n) is 1.65. The van der Waals surface area contributed by atoms with Crippen molar-refractivity contribution in [3.8, 4) is 0 Å². The normalized spacial score (nSPS) is 10.7. The second kappa shape index (κ2) is 6.94. The van der Waals surface area contributed by atoms with Gasteiger partial charge in [-0.3, -0.25) is 0 Å². The molecule has 0 fully saturated rings. The topological polar surface area (TPSA) is 53.1 Å². The summed E-state index contributed by atoms with van der Waals surface area (Å²) < 4.78 is 26.0. The second-order valence-electron chi connectivity index (χ2n) is 4.77. The van der Waals surface area contributed by atoms with Crippen LogP contribution in [0, 0.1) is 11.6 Å². The lowest BCUT2D eigenvalue weighted by molar-refractivity contribution is 0.425. The molecule has 2 aromatic rings. The van der Waals surface area contributed by atoms with Gasteiger partial charge in [0.2, 0.25) is 0 Å².